The molecule has 0 saturated heterocycles. The first kappa shape index (κ1) is 22.5. The van der Waals surface area contributed by atoms with Gasteiger partial charge in [0.15, 0.2) is 24.2 Å². The molecule has 0 aromatic heterocycles. The highest BCUT2D eigenvalue weighted by Gasteiger charge is 2.15. The first-order valence-electron chi connectivity index (χ1n) is 9.00. The zero-order valence-electron chi connectivity index (χ0n) is 16.9. The summed E-state index contributed by atoms with van der Waals surface area (Å²) in [4.78, 5) is 25.4. The van der Waals surface area contributed by atoms with Crippen molar-refractivity contribution in [2.75, 3.05) is 27.8 Å². The third-order valence-corrected chi connectivity index (χ3v) is 4.57. The Labute approximate surface area is 179 Å². The van der Waals surface area contributed by atoms with Crippen LogP contribution in [0.4, 0.5) is 0 Å². The maximum Gasteiger partial charge on any atom is 0.261 e. The molecule has 0 saturated carbocycles. The molecule has 29 heavy (non-hydrogen) atoms. The number of nitrogens with one attached hydrogen (secondary N) is 1. The lowest BCUT2D eigenvalue weighted by molar-refractivity contribution is -0.130. The highest BCUT2D eigenvalue weighted by Crippen LogP contribution is 2.28. The van der Waals surface area contributed by atoms with Gasteiger partial charge >= 0.3 is 0 Å². The molecule has 0 aliphatic rings. The van der Waals surface area contributed by atoms with Crippen LogP contribution >= 0.6 is 15.9 Å². The van der Waals surface area contributed by atoms with Crippen LogP contribution in [0.5, 0.6) is 17.2 Å². The van der Waals surface area contributed by atoms with Crippen molar-refractivity contribution >= 4 is 27.7 Å². The average molecular weight is 465 g/mol. The van der Waals surface area contributed by atoms with E-state index in [4.69, 9.17) is 14.2 Å². The predicted octanol–water partition coefficient (Wildman–Crippen LogP) is 3.01. The Balaban J connectivity index is 1.91. The van der Waals surface area contributed by atoms with Gasteiger partial charge in [0, 0.05) is 25.1 Å². The number of benzene rings is 2. The summed E-state index contributed by atoms with van der Waals surface area (Å²) < 4.78 is 17.4. The Morgan fingerprint density at radius 1 is 1.10 bits per heavy atom. The molecule has 2 aromatic carbocycles. The van der Waals surface area contributed by atoms with Gasteiger partial charge in [0.2, 0.25) is 0 Å². The van der Waals surface area contributed by atoms with Crippen LogP contribution in [-0.2, 0) is 16.1 Å². The van der Waals surface area contributed by atoms with E-state index in [2.05, 4.69) is 21.2 Å². The lowest BCUT2D eigenvalue weighted by Crippen LogP contribution is -2.35. The largest absolute Gasteiger partial charge is 0.493 e. The monoisotopic (exact) mass is 464 g/mol. The van der Waals surface area contributed by atoms with Gasteiger partial charge in [0.1, 0.15) is 5.75 Å². The van der Waals surface area contributed by atoms with Crippen molar-refractivity contribution in [3.63, 3.8) is 0 Å². The first-order valence-corrected chi connectivity index (χ1v) is 9.79. The van der Waals surface area contributed by atoms with Crippen molar-refractivity contribution < 1.29 is 23.8 Å². The summed E-state index contributed by atoms with van der Waals surface area (Å²) >= 11 is 3.36. The molecule has 0 spiro atoms. The van der Waals surface area contributed by atoms with Crippen LogP contribution in [-0.4, -0.2) is 50.6 Å². The quantitative estimate of drug-likeness (QED) is 0.616. The molecule has 2 rings (SSSR count). The van der Waals surface area contributed by atoms with Crippen LogP contribution in [0.2, 0.25) is 0 Å². The summed E-state index contributed by atoms with van der Waals surface area (Å²) in [6.07, 6.45) is -0.641. The fourth-order valence-corrected chi connectivity index (χ4v) is 2.58. The van der Waals surface area contributed by atoms with Crippen LogP contribution < -0.4 is 19.5 Å². The summed E-state index contributed by atoms with van der Waals surface area (Å²) in [6.45, 7) is 1.92. The van der Waals surface area contributed by atoms with Gasteiger partial charge < -0.3 is 24.4 Å². The summed E-state index contributed by atoms with van der Waals surface area (Å²) in [5, 5.41) is 2.84. The van der Waals surface area contributed by atoms with E-state index in [0.717, 1.165) is 10.0 Å². The van der Waals surface area contributed by atoms with Crippen LogP contribution in [0.25, 0.3) is 0 Å². The number of hydrogen-bond acceptors (Lipinski definition) is 5. The number of nitrogens with zero attached hydrogens (tertiary/aromatic N) is 1. The predicted molar refractivity (Wildman–Crippen MR) is 113 cm³/mol. The van der Waals surface area contributed by atoms with E-state index in [0.29, 0.717) is 23.8 Å². The highest BCUT2D eigenvalue weighted by atomic mass is 79.9. The van der Waals surface area contributed by atoms with Crippen molar-refractivity contribution in [1.82, 2.24) is 10.2 Å². The molecule has 7 nitrogen and oxygen atoms in total. The standard InChI is InChI=1S/C21H25BrN2O5/c1-14(29-17-8-6-16(22)7-9-17)21(26)23-12-15-5-10-18(19(11-15)27-4)28-13-20(25)24(2)3/h5-11,14H,12-13H2,1-4H3,(H,23,26). The van der Waals surface area contributed by atoms with Crippen LogP contribution in [0.15, 0.2) is 46.9 Å². The smallest absolute Gasteiger partial charge is 0.261 e. The third-order valence-electron chi connectivity index (χ3n) is 4.04. The van der Waals surface area contributed by atoms with Gasteiger partial charge in [0.25, 0.3) is 11.8 Å². The summed E-state index contributed by atoms with van der Waals surface area (Å²) in [5.41, 5.74) is 0.831. The number of methoxy groups -OCH3 is 1. The zero-order valence-corrected chi connectivity index (χ0v) is 18.5. The van der Waals surface area contributed by atoms with Gasteiger partial charge in [-0.1, -0.05) is 22.0 Å². The number of carbonyl (C=O) groups excluding carboxylic acids is 2. The van der Waals surface area contributed by atoms with E-state index < -0.39 is 6.10 Å². The number of hydrogen-bond donors (Lipinski definition) is 1. The minimum absolute atomic E-state index is 0.0790. The lowest BCUT2D eigenvalue weighted by Gasteiger charge is -2.16. The number of ether oxygens (including phenoxy) is 3. The van der Waals surface area contributed by atoms with E-state index in [-0.39, 0.29) is 18.4 Å². The SMILES string of the molecule is COc1cc(CNC(=O)C(C)Oc2ccc(Br)cc2)ccc1OCC(=O)N(C)C. The van der Waals surface area contributed by atoms with Gasteiger partial charge in [-0.3, -0.25) is 9.59 Å². The van der Waals surface area contributed by atoms with Gasteiger partial charge in [-0.2, -0.15) is 0 Å². The Bertz CT molecular complexity index is 839. The lowest BCUT2D eigenvalue weighted by atomic mass is 10.2. The first-order chi connectivity index (χ1) is 13.8. The normalized spacial score (nSPS) is 11.3. The molecular formula is C21H25BrN2O5. The zero-order chi connectivity index (χ0) is 21.4. The van der Waals surface area contributed by atoms with Crippen LogP contribution in [0, 0.1) is 0 Å². The van der Waals surface area contributed by atoms with Gasteiger partial charge in [-0.25, -0.2) is 0 Å². The molecule has 0 heterocycles. The highest BCUT2D eigenvalue weighted by molar-refractivity contribution is 9.10. The second-order valence-electron chi connectivity index (χ2n) is 6.49. The second-order valence-corrected chi connectivity index (χ2v) is 7.41. The van der Waals surface area contributed by atoms with Crippen molar-refractivity contribution in [2.45, 2.75) is 19.6 Å². The van der Waals surface area contributed by atoms with E-state index in [9.17, 15) is 9.59 Å². The number of halogens is 1. The Hall–Kier alpha value is -2.74. The molecule has 2 amide bonds. The molecule has 0 fully saturated rings. The van der Waals surface area contributed by atoms with Gasteiger partial charge in [-0.15, -0.1) is 0 Å². The van der Waals surface area contributed by atoms with E-state index >= 15 is 0 Å². The minimum Gasteiger partial charge on any atom is -0.493 e. The second kappa shape index (κ2) is 10.7. The molecule has 0 aliphatic carbocycles. The summed E-state index contributed by atoms with van der Waals surface area (Å²) in [5.74, 6) is 1.19. The average Bonchev–Trinajstić information content (AvgIpc) is 2.71. The van der Waals surface area contributed by atoms with Crippen molar-refractivity contribution in [3.8, 4) is 17.2 Å². The van der Waals surface area contributed by atoms with Gasteiger partial charge in [-0.05, 0) is 48.9 Å². The number of likely N-dealkylation sites (N-methyl/N-ethyl adjacent to an activating group) is 1. The fourth-order valence-electron chi connectivity index (χ4n) is 2.31. The van der Waals surface area contributed by atoms with Crippen molar-refractivity contribution in [1.29, 1.82) is 0 Å². The minimum atomic E-state index is -0.641. The molecule has 1 atom stereocenters. The van der Waals surface area contributed by atoms with E-state index in [1.165, 1.54) is 12.0 Å². The number of carbonyl (C=O) groups is 2. The molecule has 1 N–H and O–H groups in total. The molecule has 0 radical (unpaired) electrons. The molecular weight excluding hydrogens is 440 g/mol. The molecule has 156 valence electrons. The van der Waals surface area contributed by atoms with Crippen LogP contribution in [0.1, 0.15) is 12.5 Å². The maximum atomic E-state index is 12.3. The van der Waals surface area contributed by atoms with E-state index in [1.807, 2.05) is 12.1 Å². The Kier molecular flexibility index (Phi) is 8.33. The molecule has 0 bridgehead atoms. The van der Waals surface area contributed by atoms with Gasteiger partial charge in [0.05, 0.1) is 7.11 Å². The van der Waals surface area contributed by atoms with Crippen LogP contribution in [0.3, 0.4) is 0 Å². The van der Waals surface area contributed by atoms with Crippen molar-refractivity contribution in [2.24, 2.45) is 0 Å². The number of amides is 2. The number of rotatable bonds is 9. The molecule has 0 aliphatic heterocycles. The topological polar surface area (TPSA) is 77.1 Å². The summed E-state index contributed by atoms with van der Waals surface area (Å²) in [7, 11) is 4.85. The third kappa shape index (κ3) is 6.98. The molecule has 2 aromatic rings. The maximum absolute atomic E-state index is 12.3. The summed E-state index contributed by atoms with van der Waals surface area (Å²) in [6, 6.07) is 12.6. The van der Waals surface area contributed by atoms with E-state index in [1.54, 1.807) is 51.4 Å². The molecule has 8 heteroatoms. The fraction of sp³-hybridized carbons (Fsp3) is 0.333. The Morgan fingerprint density at radius 2 is 1.79 bits per heavy atom. The molecule has 1 unspecified atom stereocenters. The Morgan fingerprint density at radius 3 is 2.41 bits per heavy atom. The van der Waals surface area contributed by atoms with Crippen molar-refractivity contribution in [3.05, 3.63) is 52.5 Å².